The fourth-order valence-electron chi connectivity index (χ4n) is 3.67. The number of benzene rings is 2. The molecular weight excluding hydrogens is 436 g/mol. The number of methoxy groups -OCH3 is 1. The molecule has 0 N–H and O–H groups in total. The van der Waals surface area contributed by atoms with Crippen LogP contribution in [-0.2, 0) is 20.0 Å². The maximum absolute atomic E-state index is 5.29. The van der Waals surface area contributed by atoms with Gasteiger partial charge in [0.25, 0.3) is 0 Å². The van der Waals surface area contributed by atoms with Crippen molar-refractivity contribution < 1.29 is 4.74 Å². The van der Waals surface area contributed by atoms with E-state index in [2.05, 4.69) is 72.4 Å². The first kappa shape index (κ1) is 23.6. The summed E-state index contributed by atoms with van der Waals surface area (Å²) in [6.45, 7) is 8.32. The number of aromatic nitrogens is 3. The number of aryl methyl sites for hydroxylation is 1. The zero-order valence-corrected chi connectivity index (χ0v) is 21.7. The van der Waals surface area contributed by atoms with Crippen molar-refractivity contribution in [1.29, 1.82) is 0 Å². The van der Waals surface area contributed by atoms with Gasteiger partial charge >= 0.3 is 0 Å². The Bertz CT molecular complexity index is 1310. The molecule has 0 spiro atoms. The summed E-state index contributed by atoms with van der Waals surface area (Å²) in [4.78, 5) is 11.8. The fraction of sp³-hybridized carbons (Fsp3) is 0.286. The number of fused-ring (bicyclic) bond motifs is 1. The van der Waals surface area contributed by atoms with Crippen LogP contribution in [0.1, 0.15) is 16.7 Å². The molecule has 2 aromatic heterocycles. The Hall–Kier alpha value is -3.56. The summed E-state index contributed by atoms with van der Waals surface area (Å²) >= 11 is 0. The quantitative estimate of drug-likeness (QED) is 0.267. The first-order chi connectivity index (χ1) is 16.3. The van der Waals surface area contributed by atoms with Crippen LogP contribution in [0, 0.1) is 11.5 Å². The van der Waals surface area contributed by atoms with Crippen LogP contribution in [0.3, 0.4) is 0 Å². The number of anilines is 1. The molecule has 0 atom stereocenters. The zero-order chi connectivity index (χ0) is 24.1. The molecule has 0 unspecified atom stereocenters. The van der Waals surface area contributed by atoms with Crippen LogP contribution in [0.25, 0.3) is 11.0 Å². The van der Waals surface area contributed by atoms with Crippen molar-refractivity contribution in [3.8, 4) is 17.2 Å². The van der Waals surface area contributed by atoms with Crippen LogP contribution in [0.5, 0.6) is 5.75 Å². The molecule has 0 aliphatic heterocycles. The molecule has 2 aromatic carbocycles. The number of nitrogens with zero attached hydrogens (tertiary/aromatic N) is 4. The Morgan fingerprint density at radius 2 is 1.68 bits per heavy atom. The highest BCUT2D eigenvalue weighted by Crippen LogP contribution is 2.19. The third-order valence-electron chi connectivity index (χ3n) is 5.62. The normalized spacial score (nSPS) is 11.2. The highest BCUT2D eigenvalue weighted by molar-refractivity contribution is 6.83. The highest BCUT2D eigenvalue weighted by atomic mass is 28.3. The summed E-state index contributed by atoms with van der Waals surface area (Å²) in [7, 11) is 2.31. The van der Waals surface area contributed by atoms with E-state index < -0.39 is 8.07 Å². The smallest absolute Gasteiger partial charge is 0.227 e. The van der Waals surface area contributed by atoms with Crippen LogP contribution < -0.4 is 9.64 Å². The van der Waals surface area contributed by atoms with Gasteiger partial charge < -0.3 is 14.2 Å². The Balaban J connectivity index is 1.57. The standard InChI is InChI=1S/C28H32N4OSi/c1-31-17-15-25-20-29-28(30-27(25)31)32(18-14-22-10-12-26(33-2)13-11-22)21-24-8-6-23(7-9-24)16-19-34(3,4)5/h6-13,15,17,20H,14,18,21H2,1-5H3. The fourth-order valence-corrected chi connectivity index (χ4v) is 4.19. The second kappa shape index (κ2) is 10.1. The first-order valence-corrected chi connectivity index (χ1v) is 15.1. The van der Waals surface area contributed by atoms with E-state index in [1.807, 2.05) is 42.2 Å². The molecule has 5 nitrogen and oxygen atoms in total. The van der Waals surface area contributed by atoms with Crippen molar-refractivity contribution in [1.82, 2.24) is 14.5 Å². The van der Waals surface area contributed by atoms with Crippen molar-refractivity contribution in [2.24, 2.45) is 7.05 Å². The van der Waals surface area contributed by atoms with Gasteiger partial charge in [-0.3, -0.25) is 0 Å². The van der Waals surface area contributed by atoms with Crippen molar-refractivity contribution >= 4 is 25.1 Å². The molecule has 0 fully saturated rings. The second-order valence-corrected chi connectivity index (χ2v) is 14.3. The number of ether oxygens (including phenoxy) is 1. The summed E-state index contributed by atoms with van der Waals surface area (Å²) < 4.78 is 7.33. The van der Waals surface area contributed by atoms with E-state index in [9.17, 15) is 0 Å². The summed E-state index contributed by atoms with van der Waals surface area (Å²) in [5.41, 5.74) is 7.91. The van der Waals surface area contributed by atoms with Gasteiger partial charge in [-0.05, 0) is 47.9 Å². The molecule has 6 heteroatoms. The molecule has 0 amide bonds. The van der Waals surface area contributed by atoms with Crippen molar-refractivity contribution in [3.63, 3.8) is 0 Å². The summed E-state index contributed by atoms with van der Waals surface area (Å²) in [5, 5.41) is 1.05. The molecule has 0 aliphatic carbocycles. The third kappa shape index (κ3) is 6.06. The van der Waals surface area contributed by atoms with Crippen molar-refractivity contribution in [2.45, 2.75) is 32.6 Å². The van der Waals surface area contributed by atoms with E-state index in [-0.39, 0.29) is 0 Å². The maximum atomic E-state index is 5.29. The van der Waals surface area contributed by atoms with Crippen molar-refractivity contribution in [2.75, 3.05) is 18.6 Å². The topological polar surface area (TPSA) is 43.2 Å². The van der Waals surface area contributed by atoms with Crippen molar-refractivity contribution in [3.05, 3.63) is 83.7 Å². The molecule has 0 saturated carbocycles. The lowest BCUT2D eigenvalue weighted by molar-refractivity contribution is 0.414. The van der Waals surface area contributed by atoms with Crippen LogP contribution in [0.4, 0.5) is 5.95 Å². The monoisotopic (exact) mass is 468 g/mol. The first-order valence-electron chi connectivity index (χ1n) is 11.6. The van der Waals surface area contributed by atoms with E-state index in [1.54, 1.807) is 7.11 Å². The van der Waals surface area contributed by atoms with Gasteiger partial charge in [-0.15, -0.1) is 5.54 Å². The van der Waals surface area contributed by atoms with Gasteiger partial charge in [-0.2, -0.15) is 4.98 Å². The SMILES string of the molecule is COc1ccc(CCN(Cc2ccc(C#C[Si](C)(C)C)cc2)c2ncc3ccn(C)c3n2)cc1. The van der Waals surface area contributed by atoms with Crippen LogP contribution in [-0.4, -0.2) is 36.3 Å². The number of rotatable bonds is 7. The molecule has 4 rings (SSSR count). The predicted molar refractivity (Wildman–Crippen MR) is 143 cm³/mol. The van der Waals surface area contributed by atoms with E-state index in [0.717, 1.165) is 47.8 Å². The maximum Gasteiger partial charge on any atom is 0.227 e. The minimum Gasteiger partial charge on any atom is -0.497 e. The van der Waals surface area contributed by atoms with E-state index in [1.165, 1.54) is 11.1 Å². The molecule has 2 heterocycles. The molecular formula is C28H32N4OSi. The number of hydrogen-bond donors (Lipinski definition) is 0. The van der Waals surface area contributed by atoms with Crippen LogP contribution in [0.15, 0.2) is 67.0 Å². The zero-order valence-electron chi connectivity index (χ0n) is 20.7. The van der Waals surface area contributed by atoms with Gasteiger partial charge in [0.1, 0.15) is 19.5 Å². The lowest BCUT2D eigenvalue weighted by Gasteiger charge is -2.23. The van der Waals surface area contributed by atoms with Gasteiger partial charge in [-0.25, -0.2) is 4.98 Å². The Kier molecular flexibility index (Phi) is 7.04. The van der Waals surface area contributed by atoms with Gasteiger partial charge in [-0.1, -0.05) is 49.8 Å². The second-order valence-electron chi connectivity index (χ2n) is 9.59. The molecule has 0 aliphatic rings. The van der Waals surface area contributed by atoms with Crippen LogP contribution in [0.2, 0.25) is 19.6 Å². The van der Waals surface area contributed by atoms with Crippen LogP contribution >= 0.6 is 0 Å². The minimum atomic E-state index is -1.39. The largest absolute Gasteiger partial charge is 0.497 e. The summed E-state index contributed by atoms with van der Waals surface area (Å²) in [6, 6.07) is 18.8. The molecule has 0 saturated heterocycles. The molecule has 34 heavy (non-hydrogen) atoms. The molecule has 4 aromatic rings. The Labute approximate surface area is 203 Å². The molecule has 0 radical (unpaired) electrons. The lowest BCUT2D eigenvalue weighted by atomic mass is 10.1. The number of hydrogen-bond acceptors (Lipinski definition) is 4. The van der Waals surface area contributed by atoms with E-state index in [0.29, 0.717) is 0 Å². The summed E-state index contributed by atoms with van der Waals surface area (Å²) in [5.74, 6) is 4.95. The third-order valence-corrected chi connectivity index (χ3v) is 6.49. The summed E-state index contributed by atoms with van der Waals surface area (Å²) in [6.07, 6.45) is 4.82. The van der Waals surface area contributed by atoms with Gasteiger partial charge in [0.05, 0.1) is 7.11 Å². The molecule has 174 valence electrons. The highest BCUT2D eigenvalue weighted by Gasteiger charge is 2.13. The minimum absolute atomic E-state index is 0.730. The van der Waals surface area contributed by atoms with E-state index >= 15 is 0 Å². The Morgan fingerprint density at radius 1 is 0.971 bits per heavy atom. The molecule has 0 bridgehead atoms. The van der Waals surface area contributed by atoms with Gasteiger partial charge in [0.2, 0.25) is 5.95 Å². The van der Waals surface area contributed by atoms with Gasteiger partial charge in [0, 0.05) is 43.5 Å². The predicted octanol–water partition coefficient (Wildman–Crippen LogP) is 5.46. The Morgan fingerprint density at radius 3 is 2.35 bits per heavy atom. The lowest BCUT2D eigenvalue weighted by Crippen LogP contribution is -2.27. The average molecular weight is 469 g/mol. The average Bonchev–Trinajstić information content (AvgIpc) is 3.21. The van der Waals surface area contributed by atoms with E-state index in [4.69, 9.17) is 14.7 Å². The van der Waals surface area contributed by atoms with Gasteiger partial charge in [0.15, 0.2) is 0 Å².